The van der Waals surface area contributed by atoms with E-state index in [1.54, 1.807) is 43.6 Å². The lowest BCUT2D eigenvalue weighted by Crippen LogP contribution is -2.39. The van der Waals surface area contributed by atoms with Crippen LogP contribution >= 0.6 is 11.6 Å². The van der Waals surface area contributed by atoms with Gasteiger partial charge in [0.1, 0.15) is 11.2 Å². The Morgan fingerprint density at radius 3 is 2.92 bits per heavy atom. The molecule has 3 N–H and O–H groups in total. The summed E-state index contributed by atoms with van der Waals surface area (Å²) in [5, 5.41) is 14.8. The van der Waals surface area contributed by atoms with Crippen molar-refractivity contribution < 1.29 is 9.90 Å². The largest absolute Gasteiger partial charge is 0.384 e. The van der Waals surface area contributed by atoms with Crippen molar-refractivity contribution >= 4 is 28.5 Å². The van der Waals surface area contributed by atoms with Gasteiger partial charge in [0, 0.05) is 28.4 Å². The Bertz CT molecular complexity index is 873. The molecule has 0 saturated heterocycles. The van der Waals surface area contributed by atoms with E-state index < -0.39 is 5.60 Å². The van der Waals surface area contributed by atoms with Gasteiger partial charge in [0.25, 0.3) is 0 Å². The topological polar surface area (TPSA) is 78.0 Å². The molecule has 24 heavy (non-hydrogen) atoms. The van der Waals surface area contributed by atoms with Crippen LogP contribution in [-0.4, -0.2) is 27.5 Å². The molecule has 0 spiro atoms. The number of carbonyl (C=O) groups is 1. The van der Waals surface area contributed by atoms with Crippen molar-refractivity contribution in [2.75, 3.05) is 6.54 Å². The molecule has 124 valence electrons. The van der Waals surface area contributed by atoms with Gasteiger partial charge in [-0.1, -0.05) is 29.8 Å². The van der Waals surface area contributed by atoms with Gasteiger partial charge in [0.15, 0.2) is 0 Å². The molecule has 1 atom stereocenters. The van der Waals surface area contributed by atoms with E-state index >= 15 is 0 Å². The minimum absolute atomic E-state index is 0.0795. The number of aromatic amines is 1. The van der Waals surface area contributed by atoms with Gasteiger partial charge in [-0.3, -0.25) is 4.79 Å². The van der Waals surface area contributed by atoms with E-state index in [2.05, 4.69) is 15.3 Å². The highest BCUT2D eigenvalue weighted by Gasteiger charge is 2.26. The zero-order valence-corrected chi connectivity index (χ0v) is 14.0. The van der Waals surface area contributed by atoms with E-state index in [0.717, 1.165) is 16.6 Å². The number of rotatable bonds is 5. The SMILES string of the molecule is CC(O)(CNC(=O)Cc1c[nH]c2ncccc12)c1ccccc1Cl. The minimum atomic E-state index is -1.24. The molecule has 5 nitrogen and oxygen atoms in total. The molecule has 1 amide bonds. The van der Waals surface area contributed by atoms with Crippen molar-refractivity contribution in [3.63, 3.8) is 0 Å². The van der Waals surface area contributed by atoms with E-state index in [1.165, 1.54) is 0 Å². The van der Waals surface area contributed by atoms with Crippen molar-refractivity contribution in [2.45, 2.75) is 18.9 Å². The number of nitrogens with one attached hydrogen (secondary N) is 2. The molecule has 0 aliphatic carbocycles. The number of nitrogens with zero attached hydrogens (tertiary/aromatic N) is 1. The molecule has 0 fully saturated rings. The molecule has 3 aromatic rings. The van der Waals surface area contributed by atoms with E-state index in [4.69, 9.17) is 11.6 Å². The van der Waals surface area contributed by atoms with Crippen LogP contribution in [0.1, 0.15) is 18.1 Å². The summed E-state index contributed by atoms with van der Waals surface area (Å²) in [6, 6.07) is 10.8. The molecule has 3 rings (SSSR count). The third-order valence-electron chi connectivity index (χ3n) is 3.97. The van der Waals surface area contributed by atoms with Crippen LogP contribution in [0.2, 0.25) is 5.02 Å². The predicted octanol–water partition coefficient (Wildman–Crippen LogP) is 2.78. The molecule has 0 bridgehead atoms. The van der Waals surface area contributed by atoms with Gasteiger partial charge < -0.3 is 15.4 Å². The molecule has 1 aromatic carbocycles. The number of amides is 1. The zero-order valence-electron chi connectivity index (χ0n) is 13.2. The third kappa shape index (κ3) is 3.42. The number of H-pyrrole nitrogens is 1. The summed E-state index contributed by atoms with van der Waals surface area (Å²) in [5.41, 5.74) is 0.968. The van der Waals surface area contributed by atoms with Crippen LogP contribution in [0.25, 0.3) is 11.0 Å². The molecule has 1 unspecified atom stereocenters. The normalized spacial score (nSPS) is 13.6. The van der Waals surface area contributed by atoms with E-state index in [0.29, 0.717) is 10.6 Å². The Hall–Kier alpha value is -2.37. The average Bonchev–Trinajstić information content (AvgIpc) is 2.97. The van der Waals surface area contributed by atoms with Gasteiger partial charge in [-0.15, -0.1) is 0 Å². The summed E-state index contributed by atoms with van der Waals surface area (Å²) in [4.78, 5) is 19.5. The number of hydrogen-bond acceptors (Lipinski definition) is 3. The molecule has 0 aliphatic heterocycles. The standard InChI is InChI=1S/C18H18ClN3O2/c1-18(24,14-6-2-3-7-15(14)19)11-22-16(23)9-12-10-21-17-13(12)5-4-8-20-17/h2-8,10,24H,9,11H2,1H3,(H,20,21)(H,22,23). The van der Waals surface area contributed by atoms with Crippen molar-refractivity contribution in [3.05, 3.63) is 64.9 Å². The highest BCUT2D eigenvalue weighted by Crippen LogP contribution is 2.27. The number of halogens is 1. The zero-order chi connectivity index (χ0) is 17.2. The summed E-state index contributed by atoms with van der Waals surface area (Å²) in [6.07, 6.45) is 3.69. The van der Waals surface area contributed by atoms with Crippen LogP contribution in [-0.2, 0) is 16.8 Å². The summed E-state index contributed by atoms with van der Waals surface area (Å²) in [5.74, 6) is -0.174. The molecule has 0 aliphatic rings. The molecular formula is C18H18ClN3O2. The maximum atomic E-state index is 12.2. The minimum Gasteiger partial charge on any atom is -0.384 e. The summed E-state index contributed by atoms with van der Waals surface area (Å²) < 4.78 is 0. The summed E-state index contributed by atoms with van der Waals surface area (Å²) in [7, 11) is 0. The smallest absolute Gasteiger partial charge is 0.224 e. The number of benzene rings is 1. The molecule has 0 saturated carbocycles. The predicted molar refractivity (Wildman–Crippen MR) is 93.8 cm³/mol. The average molecular weight is 344 g/mol. The van der Waals surface area contributed by atoms with Crippen LogP contribution in [0.3, 0.4) is 0 Å². The van der Waals surface area contributed by atoms with Crippen molar-refractivity contribution in [1.29, 1.82) is 0 Å². The van der Waals surface area contributed by atoms with Gasteiger partial charge in [-0.2, -0.15) is 0 Å². The lowest BCUT2D eigenvalue weighted by molar-refractivity contribution is -0.121. The van der Waals surface area contributed by atoms with Gasteiger partial charge in [0.05, 0.1) is 13.0 Å². The first-order chi connectivity index (χ1) is 11.5. The number of aromatic nitrogens is 2. The summed E-state index contributed by atoms with van der Waals surface area (Å²) in [6.45, 7) is 1.71. The highest BCUT2D eigenvalue weighted by atomic mass is 35.5. The monoisotopic (exact) mass is 343 g/mol. The van der Waals surface area contributed by atoms with Crippen LogP contribution in [0, 0.1) is 0 Å². The second kappa shape index (κ2) is 6.63. The van der Waals surface area contributed by atoms with Gasteiger partial charge >= 0.3 is 0 Å². The molecule has 6 heteroatoms. The van der Waals surface area contributed by atoms with E-state index in [9.17, 15) is 9.90 Å². The van der Waals surface area contributed by atoms with E-state index in [1.807, 2.05) is 12.1 Å². The maximum Gasteiger partial charge on any atom is 0.224 e. The van der Waals surface area contributed by atoms with Crippen molar-refractivity contribution in [3.8, 4) is 0 Å². The quantitative estimate of drug-likeness (QED) is 0.666. The number of hydrogen-bond donors (Lipinski definition) is 3. The number of pyridine rings is 1. The first-order valence-corrected chi connectivity index (χ1v) is 8.00. The highest BCUT2D eigenvalue weighted by molar-refractivity contribution is 6.31. The molecule has 2 heterocycles. The van der Waals surface area contributed by atoms with Crippen molar-refractivity contribution in [1.82, 2.24) is 15.3 Å². The van der Waals surface area contributed by atoms with Gasteiger partial charge in [-0.25, -0.2) is 4.98 Å². The Morgan fingerprint density at radius 2 is 2.12 bits per heavy atom. The fourth-order valence-corrected chi connectivity index (χ4v) is 3.00. The number of carbonyl (C=O) groups excluding carboxylic acids is 1. The first kappa shape index (κ1) is 16.5. The van der Waals surface area contributed by atoms with Crippen LogP contribution in [0.4, 0.5) is 0 Å². The van der Waals surface area contributed by atoms with Crippen LogP contribution in [0.15, 0.2) is 48.8 Å². The first-order valence-electron chi connectivity index (χ1n) is 7.62. The number of fused-ring (bicyclic) bond motifs is 1. The molecule has 2 aromatic heterocycles. The second-order valence-corrected chi connectivity index (χ2v) is 6.33. The lowest BCUT2D eigenvalue weighted by atomic mass is 9.96. The lowest BCUT2D eigenvalue weighted by Gasteiger charge is -2.25. The maximum absolute atomic E-state index is 12.2. The Morgan fingerprint density at radius 1 is 1.33 bits per heavy atom. The van der Waals surface area contributed by atoms with E-state index in [-0.39, 0.29) is 18.9 Å². The Kier molecular flexibility index (Phi) is 4.55. The van der Waals surface area contributed by atoms with Gasteiger partial charge in [0.2, 0.25) is 5.91 Å². The van der Waals surface area contributed by atoms with Gasteiger partial charge in [-0.05, 0) is 30.7 Å². The molecule has 0 radical (unpaired) electrons. The fraction of sp³-hybridized carbons (Fsp3) is 0.222. The summed E-state index contributed by atoms with van der Waals surface area (Å²) >= 11 is 6.12. The van der Waals surface area contributed by atoms with Crippen LogP contribution in [0.5, 0.6) is 0 Å². The van der Waals surface area contributed by atoms with Crippen molar-refractivity contribution in [2.24, 2.45) is 0 Å². The van der Waals surface area contributed by atoms with Crippen LogP contribution < -0.4 is 5.32 Å². The Labute approximate surface area is 144 Å². The fourth-order valence-electron chi connectivity index (χ4n) is 2.66. The molecular weight excluding hydrogens is 326 g/mol. The Balaban J connectivity index is 1.66. The third-order valence-corrected chi connectivity index (χ3v) is 4.30. The second-order valence-electron chi connectivity index (χ2n) is 5.92. The number of aliphatic hydroxyl groups is 1.